The molecule has 1 heterocycles. The first-order chi connectivity index (χ1) is 7.22. The van der Waals surface area contributed by atoms with Gasteiger partial charge in [-0.05, 0) is 19.3 Å². The normalized spacial score (nSPS) is 25.0. The van der Waals surface area contributed by atoms with Gasteiger partial charge in [0.05, 0.1) is 23.0 Å². The van der Waals surface area contributed by atoms with Crippen LogP contribution in [-0.4, -0.2) is 14.7 Å². The second kappa shape index (κ2) is 3.69. The van der Waals surface area contributed by atoms with E-state index in [1.54, 1.807) is 4.68 Å². The van der Waals surface area contributed by atoms with Crippen LogP contribution in [-0.2, 0) is 0 Å². The molecule has 6 nitrogen and oxygen atoms in total. The van der Waals surface area contributed by atoms with Crippen molar-refractivity contribution in [3.8, 4) is 6.07 Å². The highest BCUT2D eigenvalue weighted by Gasteiger charge is 2.30. The molecule has 1 aromatic rings. The van der Waals surface area contributed by atoms with E-state index in [-0.39, 0.29) is 17.6 Å². The van der Waals surface area contributed by atoms with Gasteiger partial charge in [-0.15, -0.1) is 0 Å². The molecule has 0 saturated heterocycles. The molecule has 1 aromatic heterocycles. The van der Waals surface area contributed by atoms with Crippen molar-refractivity contribution in [1.82, 2.24) is 9.78 Å². The zero-order valence-electron chi connectivity index (χ0n) is 8.04. The number of hydrogen-bond acceptors (Lipinski definition) is 4. The first kappa shape index (κ1) is 9.65. The molecule has 1 aliphatic carbocycles. The molecular formula is C9H10N4O2. The third-order valence-electron chi connectivity index (χ3n) is 2.78. The van der Waals surface area contributed by atoms with Crippen molar-refractivity contribution in [2.75, 3.05) is 0 Å². The van der Waals surface area contributed by atoms with E-state index >= 15 is 0 Å². The first-order valence-corrected chi connectivity index (χ1v) is 4.80. The predicted molar refractivity (Wildman–Crippen MR) is 50.9 cm³/mol. The molecule has 0 aromatic carbocycles. The molecule has 0 aliphatic heterocycles. The Balaban J connectivity index is 2.22. The largest absolute Gasteiger partial charge is 0.307 e. The van der Waals surface area contributed by atoms with Gasteiger partial charge in [-0.2, -0.15) is 10.4 Å². The number of nitro groups is 1. The SMILES string of the molecule is N#CC1CCCC1n1cc([N+](=O)[O-])cn1. The molecule has 1 fully saturated rings. The first-order valence-electron chi connectivity index (χ1n) is 4.80. The Hall–Kier alpha value is -1.90. The minimum atomic E-state index is -0.472. The minimum Gasteiger partial charge on any atom is -0.261 e. The lowest BCUT2D eigenvalue weighted by molar-refractivity contribution is -0.385. The van der Waals surface area contributed by atoms with E-state index in [2.05, 4.69) is 11.2 Å². The van der Waals surface area contributed by atoms with Gasteiger partial charge in [0.2, 0.25) is 0 Å². The Morgan fingerprint density at radius 3 is 3.07 bits per heavy atom. The fourth-order valence-electron chi connectivity index (χ4n) is 2.01. The Morgan fingerprint density at radius 2 is 2.47 bits per heavy atom. The fourth-order valence-corrected chi connectivity index (χ4v) is 2.01. The van der Waals surface area contributed by atoms with Gasteiger partial charge in [0.1, 0.15) is 12.4 Å². The van der Waals surface area contributed by atoms with Crippen molar-refractivity contribution in [3.63, 3.8) is 0 Å². The summed E-state index contributed by atoms with van der Waals surface area (Å²) in [6.45, 7) is 0. The molecule has 0 bridgehead atoms. The molecule has 2 unspecified atom stereocenters. The second-order valence-electron chi connectivity index (χ2n) is 3.67. The maximum Gasteiger partial charge on any atom is 0.307 e. The molecule has 0 spiro atoms. The summed E-state index contributed by atoms with van der Waals surface area (Å²) in [7, 11) is 0. The van der Waals surface area contributed by atoms with Crippen molar-refractivity contribution in [1.29, 1.82) is 5.26 Å². The van der Waals surface area contributed by atoms with Gasteiger partial charge >= 0.3 is 5.69 Å². The van der Waals surface area contributed by atoms with Crippen LogP contribution in [0.4, 0.5) is 5.69 Å². The van der Waals surface area contributed by atoms with Crippen LogP contribution in [0.1, 0.15) is 25.3 Å². The third kappa shape index (κ3) is 1.68. The summed E-state index contributed by atoms with van der Waals surface area (Å²) in [5, 5.41) is 23.3. The second-order valence-corrected chi connectivity index (χ2v) is 3.67. The highest BCUT2D eigenvalue weighted by Crippen LogP contribution is 2.35. The van der Waals surface area contributed by atoms with Crippen LogP contribution >= 0.6 is 0 Å². The van der Waals surface area contributed by atoms with Crippen molar-refractivity contribution in [2.45, 2.75) is 25.3 Å². The van der Waals surface area contributed by atoms with E-state index in [0.29, 0.717) is 0 Å². The van der Waals surface area contributed by atoms with Crippen LogP contribution in [0.25, 0.3) is 0 Å². The van der Waals surface area contributed by atoms with Gasteiger partial charge in [-0.3, -0.25) is 14.8 Å². The van der Waals surface area contributed by atoms with Gasteiger partial charge in [0.15, 0.2) is 0 Å². The summed E-state index contributed by atoms with van der Waals surface area (Å²) in [5.74, 6) is -0.0653. The van der Waals surface area contributed by atoms with Crippen LogP contribution < -0.4 is 0 Å². The summed E-state index contributed by atoms with van der Waals surface area (Å²) in [6.07, 6.45) is 5.34. The zero-order valence-corrected chi connectivity index (χ0v) is 8.04. The fraction of sp³-hybridized carbons (Fsp3) is 0.556. The van der Waals surface area contributed by atoms with Crippen molar-refractivity contribution in [2.24, 2.45) is 5.92 Å². The van der Waals surface area contributed by atoms with Gasteiger partial charge in [0.25, 0.3) is 0 Å². The molecular weight excluding hydrogens is 196 g/mol. The average Bonchev–Trinajstić information content (AvgIpc) is 2.85. The highest BCUT2D eigenvalue weighted by atomic mass is 16.6. The topological polar surface area (TPSA) is 84.8 Å². The average molecular weight is 206 g/mol. The third-order valence-corrected chi connectivity index (χ3v) is 2.78. The summed E-state index contributed by atoms with van der Waals surface area (Å²) < 4.78 is 1.55. The highest BCUT2D eigenvalue weighted by molar-refractivity contribution is 5.21. The Bertz CT molecular complexity index is 420. The summed E-state index contributed by atoms with van der Waals surface area (Å²) in [4.78, 5) is 10.00. The van der Waals surface area contributed by atoms with Crippen LogP contribution in [0.15, 0.2) is 12.4 Å². The Kier molecular flexibility index (Phi) is 2.37. The van der Waals surface area contributed by atoms with E-state index in [1.807, 2.05) is 0 Å². The Labute approximate surface area is 86.3 Å². The number of hydrogen-bond donors (Lipinski definition) is 0. The van der Waals surface area contributed by atoms with Gasteiger partial charge < -0.3 is 0 Å². The maximum atomic E-state index is 10.5. The molecule has 15 heavy (non-hydrogen) atoms. The minimum absolute atomic E-state index is 0.00343. The smallest absolute Gasteiger partial charge is 0.261 e. The lowest BCUT2D eigenvalue weighted by atomic mass is 10.1. The molecule has 0 radical (unpaired) electrons. The summed E-state index contributed by atoms with van der Waals surface area (Å²) >= 11 is 0. The van der Waals surface area contributed by atoms with Crippen molar-refractivity contribution < 1.29 is 4.92 Å². The van der Waals surface area contributed by atoms with Gasteiger partial charge in [-0.25, -0.2) is 0 Å². The number of rotatable bonds is 2. The molecule has 6 heteroatoms. The summed E-state index contributed by atoms with van der Waals surface area (Å²) in [6, 6.07) is 2.22. The van der Waals surface area contributed by atoms with E-state index in [1.165, 1.54) is 12.4 Å². The summed E-state index contributed by atoms with van der Waals surface area (Å²) in [5.41, 5.74) is -0.0152. The molecule has 2 atom stereocenters. The van der Waals surface area contributed by atoms with Crippen molar-refractivity contribution >= 4 is 5.69 Å². The number of nitriles is 1. The molecule has 0 N–H and O–H groups in total. The monoisotopic (exact) mass is 206 g/mol. The Morgan fingerprint density at radius 1 is 1.67 bits per heavy atom. The van der Waals surface area contributed by atoms with Crippen LogP contribution in [0.3, 0.4) is 0 Å². The predicted octanol–water partition coefficient (Wildman–Crippen LogP) is 1.66. The van der Waals surface area contributed by atoms with Crippen molar-refractivity contribution in [3.05, 3.63) is 22.5 Å². The molecule has 0 amide bonds. The molecule has 78 valence electrons. The van der Waals surface area contributed by atoms with E-state index in [4.69, 9.17) is 5.26 Å². The van der Waals surface area contributed by atoms with Gasteiger partial charge in [0, 0.05) is 0 Å². The van der Waals surface area contributed by atoms with E-state index < -0.39 is 4.92 Å². The zero-order chi connectivity index (χ0) is 10.8. The number of nitrogens with zero attached hydrogens (tertiary/aromatic N) is 4. The van der Waals surface area contributed by atoms with Crippen LogP contribution in [0.2, 0.25) is 0 Å². The van der Waals surface area contributed by atoms with E-state index in [9.17, 15) is 10.1 Å². The quantitative estimate of drug-likeness (QED) is 0.544. The number of aromatic nitrogens is 2. The lowest BCUT2D eigenvalue weighted by Crippen LogP contribution is -2.12. The van der Waals surface area contributed by atoms with Gasteiger partial charge in [-0.1, -0.05) is 0 Å². The van der Waals surface area contributed by atoms with Crippen LogP contribution in [0, 0.1) is 27.4 Å². The van der Waals surface area contributed by atoms with E-state index in [0.717, 1.165) is 19.3 Å². The molecule has 2 rings (SSSR count). The lowest BCUT2D eigenvalue weighted by Gasteiger charge is -2.12. The maximum absolute atomic E-state index is 10.5. The molecule has 1 saturated carbocycles. The van der Waals surface area contributed by atoms with Crippen LogP contribution in [0.5, 0.6) is 0 Å². The standard InChI is InChI=1S/C9H10N4O2/c10-4-7-2-1-3-9(7)12-6-8(5-11-12)13(14)15/h5-7,9H,1-3H2. The molecule has 1 aliphatic rings.